The van der Waals surface area contributed by atoms with Gasteiger partial charge < -0.3 is 15.1 Å². The Hall–Kier alpha value is -3.76. The zero-order valence-electron chi connectivity index (χ0n) is 11.8. The Balaban J connectivity index is 2.61. The number of carbonyl (C=O) groups is 1. The van der Waals surface area contributed by atoms with Crippen LogP contribution in [0.5, 0.6) is 0 Å². The number of rotatable bonds is 4. The van der Waals surface area contributed by atoms with Crippen molar-refractivity contribution in [2.45, 2.75) is 5.66 Å². The highest BCUT2D eigenvalue weighted by atomic mass is 16.6. The molecule has 0 saturated heterocycles. The van der Waals surface area contributed by atoms with Crippen molar-refractivity contribution in [2.75, 3.05) is 0 Å². The lowest BCUT2D eigenvalue weighted by Crippen LogP contribution is -2.57. The molecule has 11 nitrogen and oxygen atoms in total. The number of benzene rings is 1. The first-order valence-electron chi connectivity index (χ1n) is 6.53. The van der Waals surface area contributed by atoms with Crippen LogP contribution in [-0.4, -0.2) is 35.5 Å². The van der Waals surface area contributed by atoms with Gasteiger partial charge in [-0.2, -0.15) is 0 Å². The van der Waals surface area contributed by atoms with Gasteiger partial charge in [0.1, 0.15) is 0 Å². The summed E-state index contributed by atoms with van der Waals surface area (Å²) in [5.74, 6) is -2.59. The van der Waals surface area contributed by atoms with E-state index in [1.807, 2.05) is 0 Å². The summed E-state index contributed by atoms with van der Waals surface area (Å²) in [7, 11) is 0. The molecule has 3 aromatic rings. The maximum absolute atomic E-state index is 12.3. The van der Waals surface area contributed by atoms with Crippen molar-refractivity contribution in [3.8, 4) is 0 Å². The maximum Gasteiger partial charge on any atom is 0.457 e. The van der Waals surface area contributed by atoms with Crippen LogP contribution in [0.2, 0.25) is 0 Å². The number of aromatic nitrogens is 4. The zero-order chi connectivity index (χ0) is 17.5. The predicted octanol–water partition coefficient (Wildman–Crippen LogP) is -0.525. The Morgan fingerprint density at radius 2 is 2.04 bits per heavy atom. The number of carboxylic acid groups (broad SMARTS) is 1. The summed E-state index contributed by atoms with van der Waals surface area (Å²) >= 11 is 0. The van der Waals surface area contributed by atoms with Gasteiger partial charge >= 0.3 is 22.8 Å². The molecule has 0 saturated carbocycles. The second-order valence-corrected chi connectivity index (χ2v) is 4.78. The van der Waals surface area contributed by atoms with E-state index in [0.717, 1.165) is 6.20 Å². The van der Waals surface area contributed by atoms with Gasteiger partial charge in [0, 0.05) is 12.4 Å². The second kappa shape index (κ2) is 5.15. The number of H-pyrrole nitrogens is 2. The molecule has 0 amide bonds. The number of nitrogens with zero attached hydrogens (tertiary/aromatic N) is 3. The minimum absolute atomic E-state index is 0.0705. The Morgan fingerprint density at radius 3 is 2.62 bits per heavy atom. The van der Waals surface area contributed by atoms with Crippen LogP contribution in [0.25, 0.3) is 11.0 Å². The molecule has 0 radical (unpaired) electrons. The molecule has 1 unspecified atom stereocenters. The molecular formula is C13H9N5O6. The van der Waals surface area contributed by atoms with Crippen LogP contribution in [0, 0.1) is 10.1 Å². The molecule has 3 rings (SSSR count). The third-order valence-corrected chi connectivity index (χ3v) is 3.50. The number of carboxylic acids is 1. The maximum atomic E-state index is 12.3. The normalized spacial score (nSPS) is 13.5. The van der Waals surface area contributed by atoms with Crippen molar-refractivity contribution in [1.29, 1.82) is 0 Å². The number of hydrogen-bond acceptors (Lipinski definition) is 6. The van der Waals surface area contributed by atoms with Gasteiger partial charge in [0.25, 0.3) is 0 Å². The van der Waals surface area contributed by atoms with Crippen LogP contribution in [0.4, 0.5) is 0 Å². The van der Waals surface area contributed by atoms with E-state index in [1.165, 1.54) is 30.5 Å². The molecule has 0 aliphatic carbocycles. The van der Waals surface area contributed by atoms with E-state index in [1.54, 1.807) is 0 Å². The van der Waals surface area contributed by atoms with Crippen LogP contribution < -0.4 is 11.1 Å². The number of para-hydroxylation sites is 2. The standard InChI is InChI=1S/C13H9N5O6/c19-9-10(20)17(8-4-2-1-3-7(8)16-9)13(12(21)22,18(23)24)11-14-5-6-15-11/h1-6H,(H,14,15)(H,16,19)(H,21,22). The fourth-order valence-electron chi connectivity index (χ4n) is 2.49. The Kier molecular flexibility index (Phi) is 3.25. The van der Waals surface area contributed by atoms with Crippen LogP contribution in [0.15, 0.2) is 46.2 Å². The second-order valence-electron chi connectivity index (χ2n) is 4.78. The first-order chi connectivity index (χ1) is 11.4. The van der Waals surface area contributed by atoms with Gasteiger partial charge in [-0.1, -0.05) is 12.1 Å². The molecule has 0 aliphatic rings. The molecule has 1 aromatic carbocycles. The van der Waals surface area contributed by atoms with E-state index < -0.39 is 33.5 Å². The minimum atomic E-state index is -3.12. The van der Waals surface area contributed by atoms with Gasteiger partial charge in [0.15, 0.2) is 0 Å². The molecule has 0 bridgehead atoms. The third-order valence-electron chi connectivity index (χ3n) is 3.50. The Morgan fingerprint density at radius 1 is 1.33 bits per heavy atom. The summed E-state index contributed by atoms with van der Waals surface area (Å²) in [5, 5.41) is 21.4. The highest BCUT2D eigenvalue weighted by Crippen LogP contribution is 2.26. The van der Waals surface area contributed by atoms with Crippen LogP contribution in [0.3, 0.4) is 0 Å². The van der Waals surface area contributed by atoms with Crippen molar-refractivity contribution >= 4 is 17.0 Å². The van der Waals surface area contributed by atoms with Gasteiger partial charge in [-0.3, -0.25) is 19.7 Å². The minimum Gasteiger partial charge on any atom is -0.474 e. The van der Waals surface area contributed by atoms with Gasteiger partial charge in [0.2, 0.25) is 5.82 Å². The summed E-state index contributed by atoms with van der Waals surface area (Å²) in [4.78, 5) is 54.9. The average Bonchev–Trinajstić information content (AvgIpc) is 3.05. The van der Waals surface area contributed by atoms with Crippen molar-refractivity contribution in [3.63, 3.8) is 0 Å². The van der Waals surface area contributed by atoms with Crippen LogP contribution >= 0.6 is 0 Å². The fourth-order valence-corrected chi connectivity index (χ4v) is 2.49. The molecule has 1 atom stereocenters. The van der Waals surface area contributed by atoms with Crippen molar-refractivity contribution in [3.05, 3.63) is 73.3 Å². The largest absolute Gasteiger partial charge is 0.474 e. The smallest absolute Gasteiger partial charge is 0.457 e. The van der Waals surface area contributed by atoms with Crippen molar-refractivity contribution < 1.29 is 14.8 Å². The van der Waals surface area contributed by atoms with E-state index in [2.05, 4.69) is 15.0 Å². The van der Waals surface area contributed by atoms with Gasteiger partial charge in [-0.05, 0) is 12.1 Å². The highest BCUT2D eigenvalue weighted by Gasteiger charge is 2.60. The van der Waals surface area contributed by atoms with E-state index in [9.17, 15) is 29.6 Å². The number of fused-ring (bicyclic) bond motifs is 1. The molecule has 122 valence electrons. The van der Waals surface area contributed by atoms with E-state index in [4.69, 9.17) is 0 Å². The molecule has 0 aliphatic heterocycles. The number of imidazole rings is 1. The van der Waals surface area contributed by atoms with E-state index in [0.29, 0.717) is 4.57 Å². The number of hydrogen-bond donors (Lipinski definition) is 3. The molecule has 3 N–H and O–H groups in total. The number of aliphatic carboxylic acids is 1. The van der Waals surface area contributed by atoms with Crippen molar-refractivity contribution in [1.82, 2.24) is 19.5 Å². The Bertz CT molecular complexity index is 1050. The fraction of sp³-hybridized carbons (Fsp3) is 0.0769. The lowest BCUT2D eigenvalue weighted by molar-refractivity contribution is -0.573. The highest BCUT2D eigenvalue weighted by molar-refractivity contribution is 5.82. The number of aromatic amines is 2. The monoisotopic (exact) mass is 331 g/mol. The summed E-state index contributed by atoms with van der Waals surface area (Å²) in [6.07, 6.45) is 2.29. The van der Waals surface area contributed by atoms with Crippen molar-refractivity contribution in [2.24, 2.45) is 0 Å². The molecule has 0 fully saturated rings. The van der Waals surface area contributed by atoms with Gasteiger partial charge in [-0.15, -0.1) is 0 Å². The van der Waals surface area contributed by atoms with Crippen LogP contribution in [-0.2, 0) is 10.5 Å². The molecule has 2 heterocycles. The molecule has 24 heavy (non-hydrogen) atoms. The quantitative estimate of drug-likeness (QED) is 0.328. The summed E-state index contributed by atoms with van der Waals surface area (Å²) in [6, 6.07) is 5.65. The lowest BCUT2D eigenvalue weighted by atomic mass is 10.1. The summed E-state index contributed by atoms with van der Waals surface area (Å²) < 4.78 is 0.322. The summed E-state index contributed by atoms with van der Waals surface area (Å²) in [6.45, 7) is 0. The number of nitro groups is 1. The topological polar surface area (TPSA) is 164 Å². The zero-order valence-corrected chi connectivity index (χ0v) is 11.8. The lowest BCUT2D eigenvalue weighted by Gasteiger charge is -2.22. The van der Waals surface area contributed by atoms with Crippen LogP contribution in [0.1, 0.15) is 5.82 Å². The molecule has 0 spiro atoms. The van der Waals surface area contributed by atoms with E-state index in [-0.39, 0.29) is 11.0 Å². The average molecular weight is 331 g/mol. The molecule has 2 aromatic heterocycles. The molecular weight excluding hydrogens is 322 g/mol. The SMILES string of the molecule is O=C(O)C(c1ncc[nH]1)(n1c(=O)c(=O)[nH]c2ccccc21)[N+](=O)[O-]. The molecule has 11 heteroatoms. The number of nitrogens with one attached hydrogen (secondary N) is 2. The van der Waals surface area contributed by atoms with E-state index >= 15 is 0 Å². The Labute approximate surface area is 131 Å². The first kappa shape index (κ1) is 15.1. The predicted molar refractivity (Wildman–Crippen MR) is 79.1 cm³/mol. The third kappa shape index (κ3) is 1.84. The van der Waals surface area contributed by atoms with Gasteiger partial charge in [-0.25, -0.2) is 14.3 Å². The summed E-state index contributed by atoms with van der Waals surface area (Å²) in [5.41, 5.74) is -5.75. The first-order valence-corrected chi connectivity index (χ1v) is 6.53. The van der Waals surface area contributed by atoms with Gasteiger partial charge in [0.05, 0.1) is 16.0 Å².